The Morgan fingerprint density at radius 2 is 1.93 bits per heavy atom. The number of pyridine rings is 1. The molecular formula is C20H21BrClN3O2. The topological polar surface area (TPSA) is 62.3 Å². The molecule has 1 aliphatic rings. The molecule has 0 radical (unpaired) electrons. The van der Waals surface area contributed by atoms with Gasteiger partial charge in [0.1, 0.15) is 5.82 Å². The minimum atomic E-state index is -0.0944. The number of hydrogen-bond acceptors (Lipinski definition) is 3. The van der Waals surface area contributed by atoms with Crippen molar-refractivity contribution in [2.24, 2.45) is 5.92 Å². The van der Waals surface area contributed by atoms with E-state index in [4.69, 9.17) is 11.6 Å². The second kappa shape index (κ2) is 9.33. The summed E-state index contributed by atoms with van der Waals surface area (Å²) in [7, 11) is 0. The molecule has 5 nitrogen and oxygen atoms in total. The lowest BCUT2D eigenvalue weighted by Crippen LogP contribution is -2.41. The summed E-state index contributed by atoms with van der Waals surface area (Å²) in [6, 6.07) is 11.2. The van der Waals surface area contributed by atoms with Crippen LogP contribution in [0.4, 0.5) is 5.82 Å². The van der Waals surface area contributed by atoms with E-state index in [-0.39, 0.29) is 17.7 Å². The third-order valence-electron chi connectivity index (χ3n) is 4.76. The fraction of sp³-hybridized carbons (Fsp3) is 0.350. The van der Waals surface area contributed by atoms with E-state index in [1.807, 2.05) is 35.2 Å². The number of carbonyl (C=O) groups is 2. The van der Waals surface area contributed by atoms with Gasteiger partial charge in [-0.15, -0.1) is 0 Å². The Bertz CT molecular complexity index is 805. The monoisotopic (exact) mass is 449 g/mol. The van der Waals surface area contributed by atoms with Gasteiger partial charge in [-0.3, -0.25) is 9.59 Å². The van der Waals surface area contributed by atoms with Crippen LogP contribution in [0, 0.1) is 5.92 Å². The minimum absolute atomic E-state index is 0.0343. The fourth-order valence-corrected chi connectivity index (χ4v) is 3.63. The number of carbonyl (C=O) groups excluding carboxylic acids is 2. The Labute approximate surface area is 172 Å². The maximum Gasteiger partial charge on any atom is 0.228 e. The van der Waals surface area contributed by atoms with E-state index in [1.54, 1.807) is 12.3 Å². The van der Waals surface area contributed by atoms with E-state index >= 15 is 0 Å². The van der Waals surface area contributed by atoms with E-state index < -0.39 is 0 Å². The Kier molecular flexibility index (Phi) is 6.85. The molecule has 1 fully saturated rings. The van der Waals surface area contributed by atoms with Crippen molar-refractivity contribution in [1.82, 2.24) is 9.88 Å². The summed E-state index contributed by atoms with van der Waals surface area (Å²) in [5.41, 5.74) is 0.990. The molecule has 2 amide bonds. The summed E-state index contributed by atoms with van der Waals surface area (Å²) >= 11 is 9.47. The van der Waals surface area contributed by atoms with Crippen LogP contribution in [0.3, 0.4) is 0 Å². The molecule has 0 saturated carbocycles. The molecule has 1 aliphatic heterocycles. The number of rotatable bonds is 5. The third kappa shape index (κ3) is 5.53. The number of benzene rings is 1. The van der Waals surface area contributed by atoms with E-state index in [2.05, 4.69) is 26.2 Å². The van der Waals surface area contributed by atoms with Gasteiger partial charge in [-0.2, -0.15) is 0 Å². The summed E-state index contributed by atoms with van der Waals surface area (Å²) in [5.74, 6) is 0.529. The van der Waals surface area contributed by atoms with Crippen molar-refractivity contribution in [1.29, 1.82) is 0 Å². The SMILES string of the molecule is O=C(Nc1ccc(Br)cn1)C1CCN(C(=O)CCc2ccccc2Cl)CC1. The third-order valence-corrected chi connectivity index (χ3v) is 5.60. The van der Waals surface area contributed by atoms with Gasteiger partial charge in [0.15, 0.2) is 0 Å². The average Bonchev–Trinajstić information content (AvgIpc) is 2.69. The first-order chi connectivity index (χ1) is 13.0. The summed E-state index contributed by atoms with van der Waals surface area (Å²) in [4.78, 5) is 30.9. The molecule has 1 saturated heterocycles. The molecule has 0 bridgehead atoms. The molecule has 0 atom stereocenters. The highest BCUT2D eigenvalue weighted by molar-refractivity contribution is 9.10. The Morgan fingerprint density at radius 1 is 1.19 bits per heavy atom. The molecule has 1 N–H and O–H groups in total. The van der Waals surface area contributed by atoms with Crippen molar-refractivity contribution in [3.8, 4) is 0 Å². The number of amides is 2. The zero-order chi connectivity index (χ0) is 19.2. The van der Waals surface area contributed by atoms with Crippen molar-refractivity contribution in [3.63, 3.8) is 0 Å². The highest BCUT2D eigenvalue weighted by Gasteiger charge is 2.27. The molecule has 2 heterocycles. The quantitative estimate of drug-likeness (QED) is 0.738. The standard InChI is InChI=1S/C20H21BrClN3O2/c21-16-6-7-18(23-13-16)24-20(27)15-9-11-25(12-10-15)19(26)8-5-14-3-1-2-4-17(14)22/h1-4,6-7,13,15H,5,8-12H2,(H,23,24,27). The summed E-state index contributed by atoms with van der Waals surface area (Å²) in [6.07, 6.45) is 4.05. The molecule has 27 heavy (non-hydrogen) atoms. The zero-order valence-corrected chi connectivity index (χ0v) is 17.2. The predicted octanol–water partition coefficient (Wildman–Crippen LogP) is 4.31. The summed E-state index contributed by atoms with van der Waals surface area (Å²) in [6.45, 7) is 1.21. The molecule has 2 aromatic rings. The van der Waals surface area contributed by atoms with Crippen LogP contribution in [0.2, 0.25) is 5.02 Å². The normalized spacial score (nSPS) is 14.8. The maximum absolute atomic E-state index is 12.5. The second-order valence-electron chi connectivity index (χ2n) is 6.60. The lowest BCUT2D eigenvalue weighted by Gasteiger charge is -2.31. The summed E-state index contributed by atoms with van der Waals surface area (Å²) in [5, 5.41) is 3.54. The lowest BCUT2D eigenvalue weighted by atomic mass is 9.95. The second-order valence-corrected chi connectivity index (χ2v) is 7.92. The molecule has 0 unspecified atom stereocenters. The van der Waals surface area contributed by atoms with Crippen LogP contribution in [-0.4, -0.2) is 34.8 Å². The molecule has 142 valence electrons. The highest BCUT2D eigenvalue weighted by atomic mass is 79.9. The average molecular weight is 451 g/mol. The van der Waals surface area contributed by atoms with Gasteiger partial charge < -0.3 is 10.2 Å². The van der Waals surface area contributed by atoms with Crippen LogP contribution in [0.25, 0.3) is 0 Å². The van der Waals surface area contributed by atoms with E-state index in [0.717, 1.165) is 10.0 Å². The van der Waals surface area contributed by atoms with Crippen LogP contribution in [0.15, 0.2) is 47.1 Å². The van der Waals surface area contributed by atoms with Crippen LogP contribution in [0.1, 0.15) is 24.8 Å². The van der Waals surface area contributed by atoms with Crippen LogP contribution < -0.4 is 5.32 Å². The molecule has 0 aliphatic carbocycles. The molecule has 1 aromatic carbocycles. The number of likely N-dealkylation sites (tertiary alicyclic amines) is 1. The van der Waals surface area contributed by atoms with Crippen molar-refractivity contribution < 1.29 is 9.59 Å². The largest absolute Gasteiger partial charge is 0.343 e. The lowest BCUT2D eigenvalue weighted by molar-refractivity contribution is -0.134. The van der Waals surface area contributed by atoms with Gasteiger partial charge in [0, 0.05) is 41.1 Å². The number of nitrogens with one attached hydrogen (secondary N) is 1. The van der Waals surface area contributed by atoms with Crippen molar-refractivity contribution in [3.05, 3.63) is 57.7 Å². The Hall–Kier alpha value is -1.92. The van der Waals surface area contributed by atoms with Crippen molar-refractivity contribution in [2.75, 3.05) is 18.4 Å². The number of hydrogen-bond donors (Lipinski definition) is 1. The number of aromatic nitrogens is 1. The predicted molar refractivity (Wildman–Crippen MR) is 110 cm³/mol. The molecule has 1 aromatic heterocycles. The van der Waals surface area contributed by atoms with Crippen molar-refractivity contribution >= 4 is 45.2 Å². The molecule has 7 heteroatoms. The van der Waals surface area contributed by atoms with E-state index in [1.165, 1.54) is 0 Å². The first-order valence-electron chi connectivity index (χ1n) is 8.96. The fourth-order valence-electron chi connectivity index (χ4n) is 3.17. The van der Waals surface area contributed by atoms with Gasteiger partial charge in [-0.05, 0) is 59.0 Å². The number of piperidine rings is 1. The molecule has 3 rings (SSSR count). The van der Waals surface area contributed by atoms with Gasteiger partial charge in [-0.1, -0.05) is 29.8 Å². The number of halogens is 2. The molecule has 0 spiro atoms. The van der Waals surface area contributed by atoms with Gasteiger partial charge >= 0.3 is 0 Å². The van der Waals surface area contributed by atoms with Crippen molar-refractivity contribution in [2.45, 2.75) is 25.7 Å². The number of aryl methyl sites for hydroxylation is 1. The van der Waals surface area contributed by atoms with Crippen LogP contribution >= 0.6 is 27.5 Å². The minimum Gasteiger partial charge on any atom is -0.343 e. The number of anilines is 1. The van der Waals surface area contributed by atoms with Gasteiger partial charge in [-0.25, -0.2) is 4.98 Å². The van der Waals surface area contributed by atoms with Gasteiger partial charge in [0.25, 0.3) is 0 Å². The number of nitrogens with zero attached hydrogens (tertiary/aromatic N) is 2. The van der Waals surface area contributed by atoms with E-state index in [0.29, 0.717) is 49.6 Å². The molecular weight excluding hydrogens is 430 g/mol. The Morgan fingerprint density at radius 3 is 2.59 bits per heavy atom. The smallest absolute Gasteiger partial charge is 0.228 e. The first-order valence-corrected chi connectivity index (χ1v) is 10.1. The highest BCUT2D eigenvalue weighted by Crippen LogP contribution is 2.21. The first kappa shape index (κ1) is 19.8. The van der Waals surface area contributed by atoms with Crippen LogP contribution in [-0.2, 0) is 16.0 Å². The maximum atomic E-state index is 12.5. The van der Waals surface area contributed by atoms with Crippen LogP contribution in [0.5, 0.6) is 0 Å². The zero-order valence-electron chi connectivity index (χ0n) is 14.8. The Balaban J connectivity index is 1.45. The van der Waals surface area contributed by atoms with E-state index in [9.17, 15) is 9.59 Å². The van der Waals surface area contributed by atoms with Gasteiger partial charge in [0.2, 0.25) is 11.8 Å². The van der Waals surface area contributed by atoms with Gasteiger partial charge in [0.05, 0.1) is 0 Å². The summed E-state index contributed by atoms with van der Waals surface area (Å²) < 4.78 is 0.865.